The molecule has 0 spiro atoms. The lowest BCUT2D eigenvalue weighted by molar-refractivity contribution is 0.130. The maximum atomic E-state index is 5.88. The van der Waals surface area contributed by atoms with E-state index in [4.69, 9.17) is 9.57 Å². The summed E-state index contributed by atoms with van der Waals surface area (Å²) in [5, 5.41) is 8.62. The molecule has 30 heavy (non-hydrogen) atoms. The van der Waals surface area contributed by atoms with Crippen LogP contribution in [0, 0.1) is 0 Å². The Bertz CT molecular complexity index is 1090. The summed E-state index contributed by atoms with van der Waals surface area (Å²) in [5.41, 5.74) is 3.94. The first kappa shape index (κ1) is 19.5. The van der Waals surface area contributed by atoms with Gasteiger partial charge in [0.15, 0.2) is 0 Å². The van der Waals surface area contributed by atoms with Gasteiger partial charge in [-0.2, -0.15) is 5.10 Å². The topological polar surface area (TPSA) is 48.6 Å². The molecule has 0 amide bonds. The summed E-state index contributed by atoms with van der Waals surface area (Å²) in [6.07, 6.45) is 4.46. The molecule has 0 aliphatic carbocycles. The minimum Gasteiger partial charge on any atom is -0.457 e. The molecule has 0 N–H and O–H groups in total. The standard InChI is InChI=1S/C25H23N3O2/c1-2-25(21-12-14-22(15-13-21)28-17-7-16-26-28)27-29-19-20-8-6-11-24(18-20)30-23-9-4-3-5-10-23/h3-18H,2,19H2,1H3/b27-25+. The summed E-state index contributed by atoms with van der Waals surface area (Å²) in [7, 11) is 0. The van der Waals surface area contributed by atoms with E-state index in [9.17, 15) is 0 Å². The van der Waals surface area contributed by atoms with Crippen molar-refractivity contribution in [3.63, 3.8) is 0 Å². The Labute approximate surface area is 176 Å². The smallest absolute Gasteiger partial charge is 0.142 e. The van der Waals surface area contributed by atoms with E-state index in [0.717, 1.165) is 40.4 Å². The number of oxime groups is 1. The van der Waals surface area contributed by atoms with E-state index < -0.39 is 0 Å². The van der Waals surface area contributed by atoms with E-state index in [1.807, 2.05) is 95.8 Å². The Hall–Kier alpha value is -3.86. The zero-order valence-corrected chi connectivity index (χ0v) is 16.8. The Morgan fingerprint density at radius 2 is 1.70 bits per heavy atom. The number of hydrogen-bond donors (Lipinski definition) is 0. The summed E-state index contributed by atoms with van der Waals surface area (Å²) in [5.74, 6) is 1.58. The molecule has 150 valence electrons. The SMILES string of the molecule is CC/C(=N\OCc1cccc(Oc2ccccc2)c1)c1ccc(-n2cccn2)cc1. The quantitative estimate of drug-likeness (QED) is 0.271. The molecular formula is C25H23N3O2. The molecule has 0 atom stereocenters. The summed E-state index contributed by atoms with van der Waals surface area (Å²) in [4.78, 5) is 5.65. The molecule has 3 aromatic carbocycles. The second-order valence-electron chi connectivity index (χ2n) is 6.72. The largest absolute Gasteiger partial charge is 0.457 e. The Balaban J connectivity index is 1.39. The van der Waals surface area contributed by atoms with Gasteiger partial charge in [0.2, 0.25) is 0 Å². The minimum absolute atomic E-state index is 0.376. The van der Waals surface area contributed by atoms with E-state index in [1.54, 1.807) is 6.20 Å². The first-order valence-corrected chi connectivity index (χ1v) is 9.93. The molecule has 5 nitrogen and oxygen atoms in total. The molecule has 1 aromatic heterocycles. The second kappa shape index (κ2) is 9.56. The van der Waals surface area contributed by atoms with Crippen LogP contribution in [-0.2, 0) is 11.4 Å². The van der Waals surface area contributed by atoms with Gasteiger partial charge in [-0.3, -0.25) is 0 Å². The van der Waals surface area contributed by atoms with Crippen molar-refractivity contribution in [3.05, 3.63) is 108 Å². The van der Waals surface area contributed by atoms with E-state index in [2.05, 4.69) is 17.2 Å². The highest BCUT2D eigenvalue weighted by Gasteiger charge is 2.05. The predicted octanol–water partition coefficient (Wildman–Crippen LogP) is 6.00. The molecule has 1 heterocycles. The van der Waals surface area contributed by atoms with Crippen LogP contribution in [0.2, 0.25) is 0 Å². The van der Waals surface area contributed by atoms with Crippen molar-refractivity contribution in [1.82, 2.24) is 9.78 Å². The van der Waals surface area contributed by atoms with E-state index in [0.29, 0.717) is 6.61 Å². The summed E-state index contributed by atoms with van der Waals surface area (Å²) in [6.45, 7) is 2.44. The van der Waals surface area contributed by atoms with E-state index >= 15 is 0 Å². The average Bonchev–Trinajstić information content (AvgIpc) is 3.33. The van der Waals surface area contributed by atoms with E-state index in [1.165, 1.54) is 0 Å². The summed E-state index contributed by atoms with van der Waals surface area (Å²) in [6, 6.07) is 27.6. The van der Waals surface area contributed by atoms with Gasteiger partial charge in [-0.05, 0) is 60.0 Å². The van der Waals surface area contributed by atoms with Crippen LogP contribution in [0.25, 0.3) is 5.69 Å². The van der Waals surface area contributed by atoms with Gasteiger partial charge in [0.1, 0.15) is 18.1 Å². The molecule has 5 heteroatoms. The van der Waals surface area contributed by atoms with Crippen molar-refractivity contribution in [2.75, 3.05) is 0 Å². The number of aromatic nitrogens is 2. The van der Waals surface area contributed by atoms with Crippen LogP contribution in [0.4, 0.5) is 0 Å². The third-order valence-electron chi connectivity index (χ3n) is 4.59. The molecule has 4 aromatic rings. The zero-order valence-electron chi connectivity index (χ0n) is 16.8. The van der Waals surface area contributed by atoms with Gasteiger partial charge in [-0.25, -0.2) is 4.68 Å². The normalized spacial score (nSPS) is 11.3. The molecule has 0 bridgehead atoms. The van der Waals surface area contributed by atoms with Gasteiger partial charge in [0.25, 0.3) is 0 Å². The Morgan fingerprint density at radius 3 is 2.43 bits per heavy atom. The first-order chi connectivity index (χ1) is 14.8. The number of rotatable bonds is 8. The number of benzene rings is 3. The number of hydrogen-bond acceptors (Lipinski definition) is 4. The number of para-hydroxylation sites is 1. The lowest BCUT2D eigenvalue weighted by Gasteiger charge is -2.08. The van der Waals surface area contributed by atoms with Crippen molar-refractivity contribution < 1.29 is 9.57 Å². The second-order valence-corrected chi connectivity index (χ2v) is 6.72. The van der Waals surface area contributed by atoms with Gasteiger partial charge < -0.3 is 9.57 Å². The lowest BCUT2D eigenvalue weighted by atomic mass is 10.1. The van der Waals surface area contributed by atoms with Crippen LogP contribution >= 0.6 is 0 Å². The fraction of sp³-hybridized carbons (Fsp3) is 0.120. The third-order valence-corrected chi connectivity index (χ3v) is 4.59. The molecule has 0 unspecified atom stereocenters. The van der Waals surface area contributed by atoms with Crippen LogP contribution in [0.5, 0.6) is 11.5 Å². The van der Waals surface area contributed by atoms with Crippen LogP contribution in [0.15, 0.2) is 102 Å². The lowest BCUT2D eigenvalue weighted by Crippen LogP contribution is -2.02. The number of nitrogens with zero attached hydrogens (tertiary/aromatic N) is 3. The maximum Gasteiger partial charge on any atom is 0.142 e. The van der Waals surface area contributed by atoms with Crippen LogP contribution in [0.3, 0.4) is 0 Å². The fourth-order valence-corrected chi connectivity index (χ4v) is 3.06. The highest BCUT2D eigenvalue weighted by molar-refractivity contribution is 6.00. The molecule has 0 radical (unpaired) electrons. The van der Waals surface area contributed by atoms with Crippen molar-refractivity contribution in [2.45, 2.75) is 20.0 Å². The Morgan fingerprint density at radius 1 is 0.900 bits per heavy atom. The monoisotopic (exact) mass is 397 g/mol. The molecule has 0 saturated heterocycles. The minimum atomic E-state index is 0.376. The highest BCUT2D eigenvalue weighted by Crippen LogP contribution is 2.22. The van der Waals surface area contributed by atoms with Gasteiger partial charge in [0.05, 0.1) is 11.4 Å². The molecule has 0 fully saturated rings. The first-order valence-electron chi connectivity index (χ1n) is 9.93. The predicted molar refractivity (Wildman–Crippen MR) is 118 cm³/mol. The van der Waals surface area contributed by atoms with Crippen LogP contribution < -0.4 is 4.74 Å². The summed E-state index contributed by atoms with van der Waals surface area (Å²) >= 11 is 0. The zero-order chi connectivity index (χ0) is 20.6. The van der Waals surface area contributed by atoms with Gasteiger partial charge in [0, 0.05) is 12.4 Å². The number of ether oxygens (including phenoxy) is 1. The molecule has 0 aliphatic rings. The van der Waals surface area contributed by atoms with Crippen molar-refractivity contribution in [1.29, 1.82) is 0 Å². The van der Waals surface area contributed by atoms with Crippen LogP contribution in [-0.4, -0.2) is 15.5 Å². The fourth-order valence-electron chi connectivity index (χ4n) is 3.06. The Kier molecular flexibility index (Phi) is 6.20. The van der Waals surface area contributed by atoms with Gasteiger partial charge >= 0.3 is 0 Å². The molecule has 4 rings (SSSR count). The third kappa shape index (κ3) is 4.94. The molecule has 0 aliphatic heterocycles. The average molecular weight is 397 g/mol. The van der Waals surface area contributed by atoms with Gasteiger partial charge in [-0.15, -0.1) is 0 Å². The van der Waals surface area contributed by atoms with E-state index in [-0.39, 0.29) is 0 Å². The molecular weight excluding hydrogens is 374 g/mol. The maximum absolute atomic E-state index is 5.88. The highest BCUT2D eigenvalue weighted by atomic mass is 16.6. The van der Waals surface area contributed by atoms with Crippen LogP contribution in [0.1, 0.15) is 24.5 Å². The van der Waals surface area contributed by atoms with Crippen molar-refractivity contribution in [2.24, 2.45) is 5.16 Å². The van der Waals surface area contributed by atoms with Crippen molar-refractivity contribution in [3.8, 4) is 17.2 Å². The molecule has 0 saturated carbocycles. The van der Waals surface area contributed by atoms with Gasteiger partial charge in [-0.1, -0.05) is 54.5 Å². The summed E-state index contributed by atoms with van der Waals surface area (Å²) < 4.78 is 7.71. The van der Waals surface area contributed by atoms with Crippen molar-refractivity contribution >= 4 is 5.71 Å².